The Balaban J connectivity index is 1.73. The number of benzene rings is 1. The quantitative estimate of drug-likeness (QED) is 0.337. The molecule has 0 saturated carbocycles. The molecule has 150 valence electrons. The molecule has 1 aliphatic heterocycles. The first-order valence-corrected chi connectivity index (χ1v) is 10.3. The lowest BCUT2D eigenvalue weighted by molar-refractivity contribution is -0.143. The summed E-state index contributed by atoms with van der Waals surface area (Å²) in [6, 6.07) is 8.04. The minimum atomic E-state index is -0.119. The summed E-state index contributed by atoms with van der Waals surface area (Å²) in [6.45, 7) is 7.41. The van der Waals surface area contributed by atoms with Crippen LogP contribution in [-0.4, -0.2) is 61.4 Å². The lowest BCUT2D eigenvalue weighted by Crippen LogP contribution is -2.44. The van der Waals surface area contributed by atoms with Gasteiger partial charge in [0, 0.05) is 51.1 Å². The van der Waals surface area contributed by atoms with Crippen LogP contribution < -0.4 is 0 Å². The highest BCUT2D eigenvalue weighted by Gasteiger charge is 2.17. The van der Waals surface area contributed by atoms with Gasteiger partial charge in [-0.05, 0) is 32.4 Å². The average Bonchev–Trinajstić information content (AvgIpc) is 2.67. The molecular formula is C22H34N2O3. The average molecular weight is 375 g/mol. The number of likely N-dealkylation sites (N-methyl/N-ethyl adjacent to an activating group) is 1. The van der Waals surface area contributed by atoms with Gasteiger partial charge in [0.25, 0.3) is 0 Å². The Bertz CT molecular complexity index is 595. The predicted octanol–water partition coefficient (Wildman–Crippen LogP) is 3.52. The normalized spacial score (nSPS) is 15.6. The van der Waals surface area contributed by atoms with E-state index in [-0.39, 0.29) is 11.8 Å². The van der Waals surface area contributed by atoms with E-state index >= 15 is 0 Å². The molecule has 1 saturated heterocycles. The van der Waals surface area contributed by atoms with Crippen LogP contribution in [0, 0.1) is 0 Å². The van der Waals surface area contributed by atoms with Gasteiger partial charge in [-0.3, -0.25) is 14.5 Å². The van der Waals surface area contributed by atoms with E-state index in [9.17, 15) is 9.59 Å². The van der Waals surface area contributed by atoms with Crippen LogP contribution in [0.25, 0.3) is 0 Å². The molecule has 1 aliphatic rings. The molecule has 2 rings (SSSR count). The van der Waals surface area contributed by atoms with Crippen LogP contribution in [-0.2, 0) is 16.1 Å². The molecule has 0 spiro atoms. The Morgan fingerprint density at radius 1 is 0.963 bits per heavy atom. The van der Waals surface area contributed by atoms with Gasteiger partial charge in [0.05, 0.1) is 6.61 Å². The Kier molecular flexibility index (Phi) is 9.50. The van der Waals surface area contributed by atoms with Crippen LogP contribution in [0.5, 0.6) is 0 Å². The molecule has 1 aromatic rings. The number of rotatable bonds is 11. The van der Waals surface area contributed by atoms with Crippen molar-refractivity contribution < 1.29 is 14.3 Å². The first-order chi connectivity index (χ1) is 13.1. The molecule has 0 radical (unpaired) electrons. The van der Waals surface area contributed by atoms with Gasteiger partial charge in [-0.2, -0.15) is 0 Å². The van der Waals surface area contributed by atoms with Crippen molar-refractivity contribution in [2.24, 2.45) is 0 Å². The largest absolute Gasteiger partial charge is 0.466 e. The van der Waals surface area contributed by atoms with Crippen molar-refractivity contribution in [3.8, 4) is 0 Å². The third-order valence-corrected chi connectivity index (χ3v) is 5.15. The summed E-state index contributed by atoms with van der Waals surface area (Å²) >= 11 is 0. The zero-order chi connectivity index (χ0) is 19.5. The second-order valence-corrected chi connectivity index (χ2v) is 7.38. The molecule has 0 N–H and O–H groups in total. The van der Waals surface area contributed by atoms with Gasteiger partial charge in [-0.15, -0.1) is 0 Å². The number of ether oxygens (including phenoxy) is 1. The SMILES string of the molecule is CCOC(=O)CCCCCCC(=O)c1ccccc1CN1CCN(C)CC1. The molecule has 1 aromatic carbocycles. The van der Waals surface area contributed by atoms with Crippen molar-refractivity contribution in [1.82, 2.24) is 9.80 Å². The fourth-order valence-electron chi connectivity index (χ4n) is 3.45. The number of carbonyl (C=O) groups excluding carboxylic acids is 2. The van der Waals surface area contributed by atoms with Crippen LogP contribution in [0.2, 0.25) is 0 Å². The molecule has 0 amide bonds. The number of piperazine rings is 1. The predicted molar refractivity (Wildman–Crippen MR) is 108 cm³/mol. The van der Waals surface area contributed by atoms with Gasteiger partial charge in [-0.1, -0.05) is 37.1 Å². The third kappa shape index (κ3) is 7.81. The highest BCUT2D eigenvalue weighted by molar-refractivity contribution is 5.97. The summed E-state index contributed by atoms with van der Waals surface area (Å²) in [7, 11) is 2.15. The van der Waals surface area contributed by atoms with E-state index in [0.717, 1.165) is 69.5 Å². The summed E-state index contributed by atoms with van der Waals surface area (Å²) in [5.41, 5.74) is 2.03. The number of nitrogens with zero attached hydrogens (tertiary/aromatic N) is 2. The minimum Gasteiger partial charge on any atom is -0.466 e. The van der Waals surface area contributed by atoms with Crippen molar-refractivity contribution in [2.75, 3.05) is 39.8 Å². The zero-order valence-electron chi connectivity index (χ0n) is 16.9. The first-order valence-electron chi connectivity index (χ1n) is 10.3. The molecule has 0 atom stereocenters. The molecule has 0 aromatic heterocycles. The third-order valence-electron chi connectivity index (χ3n) is 5.15. The Labute approximate surface area is 163 Å². The van der Waals surface area contributed by atoms with Crippen LogP contribution in [0.3, 0.4) is 0 Å². The molecule has 5 nitrogen and oxygen atoms in total. The number of carbonyl (C=O) groups is 2. The molecule has 1 fully saturated rings. The van der Waals surface area contributed by atoms with Crippen molar-refractivity contribution in [3.05, 3.63) is 35.4 Å². The van der Waals surface area contributed by atoms with Crippen LogP contribution in [0.4, 0.5) is 0 Å². The fourth-order valence-corrected chi connectivity index (χ4v) is 3.45. The topological polar surface area (TPSA) is 49.9 Å². The molecule has 0 bridgehead atoms. The summed E-state index contributed by atoms with van der Waals surface area (Å²) < 4.78 is 4.93. The highest BCUT2D eigenvalue weighted by atomic mass is 16.5. The maximum Gasteiger partial charge on any atom is 0.305 e. The van der Waals surface area contributed by atoms with E-state index in [2.05, 4.69) is 22.9 Å². The van der Waals surface area contributed by atoms with Gasteiger partial charge in [-0.25, -0.2) is 0 Å². The fraction of sp³-hybridized carbons (Fsp3) is 0.636. The lowest BCUT2D eigenvalue weighted by atomic mass is 9.98. The Morgan fingerprint density at radius 2 is 1.63 bits per heavy atom. The first kappa shape index (κ1) is 21.6. The Hall–Kier alpha value is -1.72. The number of ketones is 1. The second-order valence-electron chi connectivity index (χ2n) is 7.38. The number of hydrogen-bond acceptors (Lipinski definition) is 5. The molecule has 0 aliphatic carbocycles. The maximum atomic E-state index is 12.7. The molecule has 5 heteroatoms. The Morgan fingerprint density at radius 3 is 2.33 bits per heavy atom. The zero-order valence-corrected chi connectivity index (χ0v) is 16.9. The standard InChI is InChI=1S/C22H34N2O3/c1-3-27-22(26)13-7-5-4-6-12-21(25)20-11-9-8-10-19(20)18-24-16-14-23(2)15-17-24/h8-11H,3-7,12-18H2,1-2H3. The van der Waals surface area contributed by atoms with Gasteiger partial charge < -0.3 is 9.64 Å². The lowest BCUT2D eigenvalue weighted by Gasteiger charge is -2.32. The van der Waals surface area contributed by atoms with E-state index < -0.39 is 0 Å². The van der Waals surface area contributed by atoms with E-state index in [1.807, 2.05) is 25.1 Å². The van der Waals surface area contributed by atoms with E-state index in [1.54, 1.807) is 0 Å². The van der Waals surface area contributed by atoms with E-state index in [4.69, 9.17) is 4.74 Å². The van der Waals surface area contributed by atoms with Crippen molar-refractivity contribution in [1.29, 1.82) is 0 Å². The summed E-state index contributed by atoms with van der Waals surface area (Å²) in [5, 5.41) is 0. The van der Waals surface area contributed by atoms with Crippen LogP contribution in [0.1, 0.15) is 61.4 Å². The summed E-state index contributed by atoms with van der Waals surface area (Å²) in [5.74, 6) is 0.122. The van der Waals surface area contributed by atoms with E-state index in [1.165, 1.54) is 0 Å². The van der Waals surface area contributed by atoms with Gasteiger partial charge >= 0.3 is 5.97 Å². The highest BCUT2D eigenvalue weighted by Crippen LogP contribution is 2.17. The van der Waals surface area contributed by atoms with Crippen LogP contribution >= 0.6 is 0 Å². The van der Waals surface area contributed by atoms with Gasteiger partial charge in [0.15, 0.2) is 5.78 Å². The summed E-state index contributed by atoms with van der Waals surface area (Å²) in [6.07, 6.45) is 4.73. The molecule has 0 unspecified atom stereocenters. The number of Topliss-reactive ketones (excluding diaryl/α,β-unsaturated/α-hetero) is 1. The van der Waals surface area contributed by atoms with Crippen molar-refractivity contribution in [3.63, 3.8) is 0 Å². The number of esters is 1. The van der Waals surface area contributed by atoms with Gasteiger partial charge in [0.1, 0.15) is 0 Å². The number of hydrogen-bond donors (Lipinski definition) is 0. The van der Waals surface area contributed by atoms with E-state index in [0.29, 0.717) is 19.4 Å². The number of unbranched alkanes of at least 4 members (excludes halogenated alkanes) is 3. The van der Waals surface area contributed by atoms with Crippen LogP contribution in [0.15, 0.2) is 24.3 Å². The maximum absolute atomic E-state index is 12.7. The molecular weight excluding hydrogens is 340 g/mol. The smallest absolute Gasteiger partial charge is 0.305 e. The monoisotopic (exact) mass is 374 g/mol. The van der Waals surface area contributed by atoms with Gasteiger partial charge in [0.2, 0.25) is 0 Å². The minimum absolute atomic E-state index is 0.119. The summed E-state index contributed by atoms with van der Waals surface area (Å²) in [4.78, 5) is 28.8. The molecule has 27 heavy (non-hydrogen) atoms. The van der Waals surface area contributed by atoms with Crippen molar-refractivity contribution >= 4 is 11.8 Å². The molecule has 1 heterocycles. The van der Waals surface area contributed by atoms with Crippen molar-refractivity contribution in [2.45, 2.75) is 52.0 Å². The second kappa shape index (κ2) is 11.9.